The van der Waals surface area contributed by atoms with Crippen molar-refractivity contribution in [3.05, 3.63) is 41.8 Å². The third-order valence-corrected chi connectivity index (χ3v) is 4.34. The number of ether oxygens (including phenoxy) is 1. The third kappa shape index (κ3) is 6.78. The monoisotopic (exact) mass is 485 g/mol. The summed E-state index contributed by atoms with van der Waals surface area (Å²) in [5, 5.41) is 6.60. The summed E-state index contributed by atoms with van der Waals surface area (Å²) in [6, 6.07) is 8.14. The summed E-state index contributed by atoms with van der Waals surface area (Å²) in [6.07, 6.45) is 1.68. The van der Waals surface area contributed by atoms with Gasteiger partial charge in [0.2, 0.25) is 5.89 Å². The molecule has 148 valence electrons. The van der Waals surface area contributed by atoms with Gasteiger partial charge in [-0.2, -0.15) is 0 Å². The van der Waals surface area contributed by atoms with Gasteiger partial charge in [-0.1, -0.05) is 17.7 Å². The maximum absolute atomic E-state index is 5.59. The Kier molecular flexibility index (Phi) is 9.02. The van der Waals surface area contributed by atoms with Crippen LogP contribution in [0.2, 0.25) is 0 Å². The molecular formula is C19H28IN5O2. The molecule has 0 unspecified atom stereocenters. The van der Waals surface area contributed by atoms with Crippen LogP contribution in [0.3, 0.4) is 0 Å². The Hall–Kier alpha value is -1.65. The number of rotatable bonds is 6. The number of nitrogens with zero attached hydrogens (tertiary/aromatic N) is 3. The van der Waals surface area contributed by atoms with E-state index in [1.165, 1.54) is 5.56 Å². The number of guanidine groups is 1. The summed E-state index contributed by atoms with van der Waals surface area (Å²) in [4.78, 5) is 11.2. The summed E-state index contributed by atoms with van der Waals surface area (Å²) in [6.45, 7) is 8.07. The van der Waals surface area contributed by atoms with Gasteiger partial charge in [0.15, 0.2) is 5.96 Å². The molecule has 0 aliphatic carbocycles. The largest absolute Gasteiger partial charge is 0.444 e. The van der Waals surface area contributed by atoms with Crippen LogP contribution in [0.1, 0.15) is 11.3 Å². The maximum Gasteiger partial charge on any atom is 0.226 e. The minimum atomic E-state index is 0. The smallest absolute Gasteiger partial charge is 0.226 e. The molecule has 1 aliphatic heterocycles. The van der Waals surface area contributed by atoms with E-state index >= 15 is 0 Å². The van der Waals surface area contributed by atoms with Gasteiger partial charge in [-0.15, -0.1) is 24.0 Å². The molecule has 2 aromatic rings. The number of oxazole rings is 1. The Morgan fingerprint density at radius 2 is 1.93 bits per heavy atom. The number of aryl methyl sites for hydroxylation is 1. The van der Waals surface area contributed by atoms with Gasteiger partial charge in [0, 0.05) is 38.8 Å². The van der Waals surface area contributed by atoms with Crippen LogP contribution in [0.15, 0.2) is 39.9 Å². The zero-order valence-electron chi connectivity index (χ0n) is 15.9. The van der Waals surface area contributed by atoms with Crippen molar-refractivity contribution in [3.63, 3.8) is 0 Å². The SMILES string of the molecule is CN=C(NCCN1CCOCC1)NCc1coc(-c2ccc(C)cc2)n1.I. The van der Waals surface area contributed by atoms with E-state index in [1.54, 1.807) is 13.3 Å². The molecule has 2 heterocycles. The average Bonchev–Trinajstić information content (AvgIpc) is 3.15. The number of morpholine rings is 1. The molecule has 1 saturated heterocycles. The van der Waals surface area contributed by atoms with Crippen molar-refractivity contribution in [2.75, 3.05) is 46.4 Å². The second-order valence-electron chi connectivity index (χ2n) is 6.32. The van der Waals surface area contributed by atoms with Crippen molar-refractivity contribution < 1.29 is 9.15 Å². The summed E-state index contributed by atoms with van der Waals surface area (Å²) in [5.74, 6) is 1.40. The van der Waals surface area contributed by atoms with E-state index < -0.39 is 0 Å². The molecule has 0 bridgehead atoms. The van der Waals surface area contributed by atoms with Crippen LogP contribution < -0.4 is 10.6 Å². The van der Waals surface area contributed by atoms with E-state index in [2.05, 4.69) is 44.6 Å². The number of aromatic nitrogens is 1. The second-order valence-corrected chi connectivity index (χ2v) is 6.32. The lowest BCUT2D eigenvalue weighted by atomic mass is 10.1. The molecule has 1 fully saturated rings. The van der Waals surface area contributed by atoms with Crippen molar-refractivity contribution in [3.8, 4) is 11.5 Å². The van der Waals surface area contributed by atoms with Crippen molar-refractivity contribution in [1.82, 2.24) is 20.5 Å². The molecule has 2 N–H and O–H groups in total. The lowest BCUT2D eigenvalue weighted by molar-refractivity contribution is 0.0389. The first kappa shape index (κ1) is 21.6. The Balaban J connectivity index is 0.00000261. The highest BCUT2D eigenvalue weighted by Gasteiger charge is 2.10. The lowest BCUT2D eigenvalue weighted by Gasteiger charge is -2.26. The number of benzene rings is 1. The Morgan fingerprint density at radius 1 is 1.19 bits per heavy atom. The summed E-state index contributed by atoms with van der Waals surface area (Å²) in [7, 11) is 1.77. The first-order chi connectivity index (χ1) is 12.7. The summed E-state index contributed by atoms with van der Waals surface area (Å²) >= 11 is 0. The first-order valence-electron chi connectivity index (χ1n) is 9.00. The minimum Gasteiger partial charge on any atom is -0.444 e. The summed E-state index contributed by atoms with van der Waals surface area (Å²) < 4.78 is 10.9. The molecule has 1 aliphatic rings. The molecule has 0 spiro atoms. The fraction of sp³-hybridized carbons (Fsp3) is 0.474. The number of hydrogen-bond acceptors (Lipinski definition) is 5. The Bertz CT molecular complexity index is 711. The molecule has 7 nitrogen and oxygen atoms in total. The molecule has 27 heavy (non-hydrogen) atoms. The van der Waals surface area contributed by atoms with Gasteiger partial charge in [-0.25, -0.2) is 4.98 Å². The highest BCUT2D eigenvalue weighted by molar-refractivity contribution is 14.0. The highest BCUT2D eigenvalue weighted by Crippen LogP contribution is 2.18. The maximum atomic E-state index is 5.59. The van der Waals surface area contributed by atoms with E-state index in [0.29, 0.717) is 12.4 Å². The molecule has 0 atom stereocenters. The normalized spacial score (nSPS) is 15.3. The zero-order chi connectivity index (χ0) is 18.2. The van der Waals surface area contributed by atoms with Crippen LogP contribution in [0.5, 0.6) is 0 Å². The van der Waals surface area contributed by atoms with Crippen molar-refractivity contribution >= 4 is 29.9 Å². The van der Waals surface area contributed by atoms with Crippen LogP contribution in [0, 0.1) is 6.92 Å². The topological polar surface area (TPSA) is 74.9 Å². The van der Waals surface area contributed by atoms with E-state index in [1.807, 2.05) is 12.1 Å². The number of hydrogen-bond donors (Lipinski definition) is 2. The molecule has 8 heteroatoms. The third-order valence-electron chi connectivity index (χ3n) is 4.34. The highest BCUT2D eigenvalue weighted by atomic mass is 127. The van der Waals surface area contributed by atoms with Gasteiger partial charge in [0.25, 0.3) is 0 Å². The predicted molar refractivity (Wildman–Crippen MR) is 118 cm³/mol. The molecule has 3 rings (SSSR count). The van der Waals surface area contributed by atoms with Crippen LogP contribution in [-0.2, 0) is 11.3 Å². The molecule has 0 amide bonds. The number of halogens is 1. The second kappa shape index (κ2) is 11.3. The van der Waals surface area contributed by atoms with Gasteiger partial charge in [0.1, 0.15) is 6.26 Å². The quantitative estimate of drug-likeness (QED) is 0.372. The molecule has 0 saturated carbocycles. The van der Waals surface area contributed by atoms with E-state index in [4.69, 9.17) is 9.15 Å². The fourth-order valence-corrected chi connectivity index (χ4v) is 2.77. The van der Waals surface area contributed by atoms with Gasteiger partial charge in [-0.05, 0) is 19.1 Å². The Labute approximate surface area is 177 Å². The van der Waals surface area contributed by atoms with Crippen LogP contribution in [-0.4, -0.2) is 62.3 Å². The van der Waals surface area contributed by atoms with Crippen molar-refractivity contribution in [2.45, 2.75) is 13.5 Å². The molecule has 0 radical (unpaired) electrons. The van der Waals surface area contributed by atoms with Crippen LogP contribution in [0.25, 0.3) is 11.5 Å². The molecule has 1 aromatic heterocycles. The van der Waals surface area contributed by atoms with E-state index in [9.17, 15) is 0 Å². The van der Waals surface area contributed by atoms with Gasteiger partial charge in [0.05, 0.1) is 25.5 Å². The zero-order valence-corrected chi connectivity index (χ0v) is 18.2. The van der Waals surface area contributed by atoms with Crippen LogP contribution in [0.4, 0.5) is 0 Å². The van der Waals surface area contributed by atoms with Gasteiger partial charge in [-0.3, -0.25) is 9.89 Å². The van der Waals surface area contributed by atoms with Crippen molar-refractivity contribution in [1.29, 1.82) is 0 Å². The first-order valence-corrected chi connectivity index (χ1v) is 9.00. The number of nitrogens with one attached hydrogen (secondary N) is 2. The van der Waals surface area contributed by atoms with E-state index in [-0.39, 0.29) is 24.0 Å². The van der Waals surface area contributed by atoms with E-state index in [0.717, 1.165) is 56.6 Å². The van der Waals surface area contributed by atoms with Crippen molar-refractivity contribution in [2.24, 2.45) is 4.99 Å². The molecule has 1 aromatic carbocycles. The Morgan fingerprint density at radius 3 is 2.63 bits per heavy atom. The minimum absolute atomic E-state index is 0. The summed E-state index contributed by atoms with van der Waals surface area (Å²) in [5.41, 5.74) is 3.04. The fourth-order valence-electron chi connectivity index (χ4n) is 2.77. The van der Waals surface area contributed by atoms with Gasteiger partial charge >= 0.3 is 0 Å². The standard InChI is InChI=1S/C19H27N5O2.HI/c1-15-3-5-16(6-4-15)18-23-17(14-26-18)13-22-19(20-2)21-7-8-24-9-11-25-12-10-24;/h3-6,14H,7-13H2,1-2H3,(H2,20,21,22);1H. The molecular weight excluding hydrogens is 457 g/mol. The van der Waals surface area contributed by atoms with Gasteiger partial charge < -0.3 is 19.8 Å². The number of aliphatic imine (C=N–C) groups is 1. The average molecular weight is 485 g/mol. The lowest BCUT2D eigenvalue weighted by Crippen LogP contribution is -2.44. The van der Waals surface area contributed by atoms with Crippen LogP contribution >= 0.6 is 24.0 Å². The predicted octanol–water partition coefficient (Wildman–Crippen LogP) is 2.27.